The van der Waals surface area contributed by atoms with E-state index in [-0.39, 0.29) is 0 Å². The van der Waals surface area contributed by atoms with E-state index in [0.717, 1.165) is 16.3 Å². The zero-order valence-electron chi connectivity index (χ0n) is 7.56. The fraction of sp³-hybridized carbons (Fsp3) is 0.100. The Bertz CT molecular complexity index is 536. The van der Waals surface area contributed by atoms with Crippen molar-refractivity contribution in [1.82, 2.24) is 4.57 Å². The number of aromatic nitrogens is 1. The lowest BCUT2D eigenvalue weighted by molar-refractivity contribution is 0.320. The standard InChI is InChI=1S/C10H8N2OS/c1-6-5-14-10-8(11-13)7-3-2-4-12(7)9(6)10/h2-5,13H,1H3/b11-8+. The average Bonchev–Trinajstić information content (AvgIpc) is 2.78. The molecule has 4 heteroatoms. The summed E-state index contributed by atoms with van der Waals surface area (Å²) in [6, 6.07) is 3.92. The Balaban J connectivity index is 2.44. The Kier molecular flexibility index (Phi) is 1.39. The van der Waals surface area contributed by atoms with Crippen LogP contribution in [0.1, 0.15) is 16.1 Å². The number of rotatable bonds is 0. The Morgan fingerprint density at radius 3 is 3.14 bits per heavy atom. The molecule has 0 spiro atoms. The zero-order chi connectivity index (χ0) is 9.71. The van der Waals surface area contributed by atoms with Crippen molar-refractivity contribution >= 4 is 17.0 Å². The van der Waals surface area contributed by atoms with E-state index in [4.69, 9.17) is 5.21 Å². The minimum absolute atomic E-state index is 0.683. The molecule has 0 aliphatic carbocycles. The van der Waals surface area contributed by atoms with Gasteiger partial charge in [0.05, 0.1) is 16.3 Å². The maximum atomic E-state index is 8.97. The third-order valence-electron chi connectivity index (χ3n) is 2.49. The van der Waals surface area contributed by atoms with Crippen molar-refractivity contribution < 1.29 is 5.21 Å². The lowest BCUT2D eigenvalue weighted by atomic mass is 10.2. The molecule has 1 aliphatic rings. The topological polar surface area (TPSA) is 37.5 Å². The van der Waals surface area contributed by atoms with Gasteiger partial charge in [-0.3, -0.25) is 0 Å². The molecule has 0 amide bonds. The highest BCUT2D eigenvalue weighted by Gasteiger charge is 2.27. The molecule has 2 aromatic heterocycles. The van der Waals surface area contributed by atoms with E-state index < -0.39 is 0 Å². The molecule has 1 aliphatic heterocycles. The molecule has 0 atom stereocenters. The number of oxime groups is 1. The first-order valence-electron chi connectivity index (χ1n) is 4.31. The number of hydrogen-bond acceptors (Lipinski definition) is 3. The van der Waals surface area contributed by atoms with Crippen LogP contribution < -0.4 is 0 Å². The predicted octanol–water partition coefficient (Wildman–Crippen LogP) is 2.39. The molecule has 3 rings (SSSR count). The monoisotopic (exact) mass is 204 g/mol. The zero-order valence-corrected chi connectivity index (χ0v) is 8.38. The van der Waals surface area contributed by atoms with E-state index >= 15 is 0 Å². The highest BCUT2D eigenvalue weighted by atomic mass is 32.1. The molecule has 14 heavy (non-hydrogen) atoms. The molecule has 0 aromatic carbocycles. The van der Waals surface area contributed by atoms with Crippen LogP contribution in [0.2, 0.25) is 0 Å². The molecule has 0 fully saturated rings. The van der Waals surface area contributed by atoms with Gasteiger partial charge in [-0.15, -0.1) is 11.3 Å². The highest BCUT2D eigenvalue weighted by molar-refractivity contribution is 7.13. The smallest absolute Gasteiger partial charge is 0.145 e. The van der Waals surface area contributed by atoms with Gasteiger partial charge in [-0.25, -0.2) is 0 Å². The maximum absolute atomic E-state index is 8.97. The van der Waals surface area contributed by atoms with Crippen molar-refractivity contribution in [3.63, 3.8) is 0 Å². The summed E-state index contributed by atoms with van der Waals surface area (Å²) in [5.41, 5.74) is 4.03. The van der Waals surface area contributed by atoms with Crippen LogP contribution in [0.15, 0.2) is 28.9 Å². The number of hydrogen-bond donors (Lipinski definition) is 1. The molecule has 1 N–H and O–H groups in total. The van der Waals surface area contributed by atoms with Crippen LogP contribution >= 0.6 is 11.3 Å². The van der Waals surface area contributed by atoms with Gasteiger partial charge in [0.25, 0.3) is 0 Å². The van der Waals surface area contributed by atoms with Gasteiger partial charge in [-0.1, -0.05) is 5.16 Å². The summed E-state index contributed by atoms with van der Waals surface area (Å²) in [6.07, 6.45) is 1.99. The molecule has 0 unspecified atom stereocenters. The normalized spacial score (nSPS) is 15.9. The van der Waals surface area contributed by atoms with Crippen LogP contribution in [0.3, 0.4) is 0 Å². The van der Waals surface area contributed by atoms with Gasteiger partial charge < -0.3 is 9.77 Å². The average molecular weight is 204 g/mol. The van der Waals surface area contributed by atoms with E-state index in [2.05, 4.69) is 22.0 Å². The summed E-state index contributed by atoms with van der Waals surface area (Å²) in [4.78, 5) is 1.06. The van der Waals surface area contributed by atoms with Crippen molar-refractivity contribution in [1.29, 1.82) is 0 Å². The summed E-state index contributed by atoms with van der Waals surface area (Å²) in [6.45, 7) is 2.07. The van der Waals surface area contributed by atoms with E-state index in [1.54, 1.807) is 11.3 Å². The first kappa shape index (κ1) is 7.82. The fourth-order valence-corrected chi connectivity index (χ4v) is 2.92. The van der Waals surface area contributed by atoms with Gasteiger partial charge >= 0.3 is 0 Å². The second-order valence-corrected chi connectivity index (χ2v) is 4.19. The Hall–Kier alpha value is -1.55. The summed E-state index contributed by atoms with van der Waals surface area (Å²) in [7, 11) is 0. The van der Waals surface area contributed by atoms with Gasteiger partial charge in [0, 0.05) is 6.20 Å². The minimum Gasteiger partial charge on any atom is -0.410 e. The Labute approximate surface area is 84.9 Å². The number of thiophene rings is 1. The maximum Gasteiger partial charge on any atom is 0.145 e. The lowest BCUT2D eigenvalue weighted by Gasteiger charge is -1.98. The van der Waals surface area contributed by atoms with Crippen LogP contribution in [-0.4, -0.2) is 15.5 Å². The molecular weight excluding hydrogens is 196 g/mol. The molecule has 0 saturated carbocycles. The summed E-state index contributed by atoms with van der Waals surface area (Å²) in [5.74, 6) is 0. The van der Waals surface area contributed by atoms with Crippen LogP contribution in [0, 0.1) is 6.92 Å². The molecule has 3 heterocycles. The van der Waals surface area contributed by atoms with Gasteiger partial charge in [-0.05, 0) is 30.0 Å². The fourth-order valence-electron chi connectivity index (χ4n) is 1.89. The molecule has 3 nitrogen and oxygen atoms in total. The first-order chi connectivity index (χ1) is 6.83. The van der Waals surface area contributed by atoms with Gasteiger partial charge in [-0.2, -0.15) is 0 Å². The SMILES string of the molecule is Cc1csc2c1-n1cccc1/C2=N\O. The van der Waals surface area contributed by atoms with Crippen LogP contribution in [0.25, 0.3) is 5.69 Å². The van der Waals surface area contributed by atoms with Gasteiger partial charge in [0.1, 0.15) is 5.71 Å². The quantitative estimate of drug-likeness (QED) is 0.443. The van der Waals surface area contributed by atoms with Crippen LogP contribution in [-0.2, 0) is 0 Å². The van der Waals surface area contributed by atoms with E-state index in [9.17, 15) is 0 Å². The van der Waals surface area contributed by atoms with Crippen LogP contribution in [0.5, 0.6) is 0 Å². The Morgan fingerprint density at radius 1 is 1.50 bits per heavy atom. The predicted molar refractivity (Wildman–Crippen MR) is 55.8 cm³/mol. The van der Waals surface area contributed by atoms with Crippen molar-refractivity contribution in [3.05, 3.63) is 39.8 Å². The van der Waals surface area contributed by atoms with E-state index in [0.29, 0.717) is 5.71 Å². The molecule has 2 aromatic rings. The van der Waals surface area contributed by atoms with Crippen molar-refractivity contribution in [3.8, 4) is 5.69 Å². The van der Waals surface area contributed by atoms with E-state index in [1.807, 2.05) is 18.3 Å². The number of nitrogens with zero attached hydrogens (tertiary/aromatic N) is 2. The van der Waals surface area contributed by atoms with Crippen molar-refractivity contribution in [2.45, 2.75) is 6.92 Å². The third kappa shape index (κ3) is 0.743. The summed E-state index contributed by atoms with van der Waals surface area (Å²) >= 11 is 1.62. The highest BCUT2D eigenvalue weighted by Crippen LogP contribution is 2.35. The third-order valence-corrected chi connectivity index (χ3v) is 3.58. The molecular formula is C10H8N2OS. The number of fused-ring (bicyclic) bond motifs is 3. The van der Waals surface area contributed by atoms with Crippen LogP contribution in [0.4, 0.5) is 0 Å². The second-order valence-electron chi connectivity index (χ2n) is 3.31. The largest absolute Gasteiger partial charge is 0.410 e. The van der Waals surface area contributed by atoms with Crippen molar-refractivity contribution in [2.24, 2.45) is 5.16 Å². The molecule has 0 saturated heterocycles. The molecule has 70 valence electrons. The second kappa shape index (κ2) is 2.48. The summed E-state index contributed by atoms with van der Waals surface area (Å²) in [5, 5.41) is 14.4. The van der Waals surface area contributed by atoms with Gasteiger partial charge in [0.2, 0.25) is 0 Å². The summed E-state index contributed by atoms with van der Waals surface area (Å²) < 4.78 is 2.07. The molecule has 0 bridgehead atoms. The Morgan fingerprint density at radius 2 is 2.36 bits per heavy atom. The first-order valence-corrected chi connectivity index (χ1v) is 5.19. The van der Waals surface area contributed by atoms with Crippen molar-refractivity contribution in [2.75, 3.05) is 0 Å². The molecule has 0 radical (unpaired) electrons. The number of aryl methyl sites for hydroxylation is 1. The van der Waals surface area contributed by atoms with E-state index in [1.165, 1.54) is 5.56 Å². The lowest BCUT2D eigenvalue weighted by Crippen LogP contribution is -1.96. The minimum atomic E-state index is 0.683. The van der Waals surface area contributed by atoms with Gasteiger partial charge in [0.15, 0.2) is 0 Å².